The Morgan fingerprint density at radius 1 is 1.23 bits per heavy atom. The van der Waals surface area contributed by atoms with E-state index >= 15 is 0 Å². The highest BCUT2D eigenvalue weighted by Gasteiger charge is 2.26. The van der Waals surface area contributed by atoms with Crippen LogP contribution in [0, 0.1) is 5.92 Å². The first-order valence-corrected chi connectivity index (χ1v) is 8.47. The zero-order chi connectivity index (χ0) is 15.2. The number of rotatable bonds is 5. The van der Waals surface area contributed by atoms with Crippen LogP contribution in [0.4, 0.5) is 0 Å². The molecule has 2 atom stereocenters. The summed E-state index contributed by atoms with van der Waals surface area (Å²) in [6.45, 7) is 4.41. The van der Waals surface area contributed by atoms with Gasteiger partial charge in [-0.2, -0.15) is 0 Å². The van der Waals surface area contributed by atoms with Crippen molar-refractivity contribution < 1.29 is 9.53 Å². The fourth-order valence-corrected chi connectivity index (χ4v) is 3.42. The van der Waals surface area contributed by atoms with Gasteiger partial charge < -0.3 is 10.1 Å². The number of amides is 1. The highest BCUT2D eigenvalue weighted by Crippen LogP contribution is 2.19. The van der Waals surface area contributed by atoms with Crippen molar-refractivity contribution in [2.24, 2.45) is 5.92 Å². The van der Waals surface area contributed by atoms with E-state index in [-0.39, 0.29) is 17.9 Å². The monoisotopic (exact) mass is 302 g/mol. The second-order valence-corrected chi connectivity index (χ2v) is 6.44. The molecule has 0 spiro atoms. The number of nitrogens with one attached hydrogen (secondary N) is 1. The van der Waals surface area contributed by atoms with Gasteiger partial charge in [-0.15, -0.1) is 0 Å². The van der Waals surface area contributed by atoms with Crippen molar-refractivity contribution in [2.45, 2.75) is 38.3 Å². The standard InChI is InChI=1S/C18H26N2O2/c21-18(19-12-17-9-5-11-22-17)16-8-4-10-20(14-16)13-15-6-2-1-3-7-15/h1-3,6-7,16-17H,4-5,8-14H2,(H,19,21)/t16-,17-/m0/s1. The van der Waals surface area contributed by atoms with Crippen molar-refractivity contribution in [3.05, 3.63) is 35.9 Å². The third-order valence-corrected chi connectivity index (χ3v) is 4.65. The first kappa shape index (κ1) is 15.5. The highest BCUT2D eigenvalue weighted by atomic mass is 16.5. The summed E-state index contributed by atoms with van der Waals surface area (Å²) >= 11 is 0. The van der Waals surface area contributed by atoms with Crippen molar-refractivity contribution in [1.29, 1.82) is 0 Å². The summed E-state index contributed by atoms with van der Waals surface area (Å²) in [5.74, 6) is 0.326. The second kappa shape index (κ2) is 7.75. The number of hydrogen-bond acceptors (Lipinski definition) is 3. The quantitative estimate of drug-likeness (QED) is 0.906. The van der Waals surface area contributed by atoms with Crippen molar-refractivity contribution in [2.75, 3.05) is 26.2 Å². The minimum Gasteiger partial charge on any atom is -0.376 e. The first-order valence-electron chi connectivity index (χ1n) is 8.47. The van der Waals surface area contributed by atoms with Crippen LogP contribution in [0.15, 0.2) is 30.3 Å². The predicted molar refractivity (Wildman–Crippen MR) is 86.4 cm³/mol. The maximum Gasteiger partial charge on any atom is 0.224 e. The molecule has 0 bridgehead atoms. The highest BCUT2D eigenvalue weighted by molar-refractivity contribution is 5.79. The van der Waals surface area contributed by atoms with E-state index in [0.717, 1.165) is 51.9 Å². The van der Waals surface area contributed by atoms with Crippen LogP contribution in [-0.2, 0) is 16.1 Å². The topological polar surface area (TPSA) is 41.6 Å². The van der Waals surface area contributed by atoms with E-state index in [9.17, 15) is 4.79 Å². The fraction of sp³-hybridized carbons (Fsp3) is 0.611. The first-order chi connectivity index (χ1) is 10.8. The molecule has 0 aliphatic carbocycles. The lowest BCUT2D eigenvalue weighted by molar-refractivity contribution is -0.127. The molecule has 4 heteroatoms. The summed E-state index contributed by atoms with van der Waals surface area (Å²) in [5, 5.41) is 3.09. The Balaban J connectivity index is 1.46. The van der Waals surface area contributed by atoms with Gasteiger partial charge in [0.15, 0.2) is 0 Å². The molecule has 2 fully saturated rings. The number of hydrogen-bond donors (Lipinski definition) is 1. The third-order valence-electron chi connectivity index (χ3n) is 4.65. The molecule has 2 aliphatic heterocycles. The lowest BCUT2D eigenvalue weighted by Crippen LogP contribution is -2.44. The van der Waals surface area contributed by atoms with E-state index in [0.29, 0.717) is 6.54 Å². The van der Waals surface area contributed by atoms with Crippen LogP contribution in [-0.4, -0.2) is 43.2 Å². The van der Waals surface area contributed by atoms with Crippen LogP contribution in [0.2, 0.25) is 0 Å². The van der Waals surface area contributed by atoms with Crippen molar-refractivity contribution in [3.8, 4) is 0 Å². The van der Waals surface area contributed by atoms with E-state index in [1.54, 1.807) is 0 Å². The van der Waals surface area contributed by atoms with Crippen LogP contribution >= 0.6 is 0 Å². The van der Waals surface area contributed by atoms with E-state index in [1.807, 2.05) is 6.07 Å². The molecular weight excluding hydrogens is 276 g/mol. The zero-order valence-electron chi connectivity index (χ0n) is 13.2. The molecule has 1 N–H and O–H groups in total. The van der Waals surface area contributed by atoms with Crippen LogP contribution in [0.5, 0.6) is 0 Å². The van der Waals surface area contributed by atoms with Gasteiger partial charge in [-0.1, -0.05) is 30.3 Å². The lowest BCUT2D eigenvalue weighted by Gasteiger charge is -2.32. The molecule has 3 rings (SSSR count). The summed E-state index contributed by atoms with van der Waals surface area (Å²) in [7, 11) is 0. The Hall–Kier alpha value is -1.39. The molecule has 0 saturated carbocycles. The minimum absolute atomic E-state index is 0.124. The molecule has 1 amide bonds. The van der Waals surface area contributed by atoms with Gasteiger partial charge in [0.1, 0.15) is 0 Å². The van der Waals surface area contributed by atoms with E-state index in [2.05, 4.69) is 34.5 Å². The summed E-state index contributed by atoms with van der Waals surface area (Å²) in [5.41, 5.74) is 1.32. The number of ether oxygens (including phenoxy) is 1. The average Bonchev–Trinajstić information content (AvgIpc) is 3.07. The van der Waals surface area contributed by atoms with Crippen molar-refractivity contribution >= 4 is 5.91 Å². The summed E-state index contributed by atoms with van der Waals surface area (Å²) in [4.78, 5) is 14.8. The summed E-state index contributed by atoms with van der Waals surface area (Å²) < 4.78 is 5.57. The molecule has 1 aromatic rings. The van der Waals surface area contributed by atoms with Crippen LogP contribution in [0.1, 0.15) is 31.2 Å². The summed E-state index contributed by atoms with van der Waals surface area (Å²) in [6, 6.07) is 10.5. The smallest absolute Gasteiger partial charge is 0.224 e. The lowest BCUT2D eigenvalue weighted by atomic mass is 9.96. The molecule has 0 radical (unpaired) electrons. The molecular formula is C18H26N2O2. The number of nitrogens with zero attached hydrogens (tertiary/aromatic N) is 1. The van der Waals surface area contributed by atoms with Gasteiger partial charge in [0, 0.05) is 26.2 Å². The van der Waals surface area contributed by atoms with Gasteiger partial charge in [0.25, 0.3) is 0 Å². The van der Waals surface area contributed by atoms with Crippen LogP contribution < -0.4 is 5.32 Å². The maximum absolute atomic E-state index is 12.4. The number of piperidine rings is 1. The Morgan fingerprint density at radius 3 is 2.86 bits per heavy atom. The third kappa shape index (κ3) is 4.31. The van der Waals surface area contributed by atoms with Crippen LogP contribution in [0.3, 0.4) is 0 Å². The molecule has 0 aromatic heterocycles. The fourth-order valence-electron chi connectivity index (χ4n) is 3.42. The molecule has 1 aromatic carbocycles. The van der Waals surface area contributed by atoms with Gasteiger partial charge in [-0.05, 0) is 37.8 Å². The van der Waals surface area contributed by atoms with Gasteiger partial charge in [-0.3, -0.25) is 9.69 Å². The molecule has 0 unspecified atom stereocenters. The zero-order valence-corrected chi connectivity index (χ0v) is 13.2. The number of carbonyl (C=O) groups is 1. The van der Waals surface area contributed by atoms with Gasteiger partial charge in [0.05, 0.1) is 12.0 Å². The van der Waals surface area contributed by atoms with Gasteiger partial charge in [0.2, 0.25) is 5.91 Å². The van der Waals surface area contributed by atoms with Crippen molar-refractivity contribution in [3.63, 3.8) is 0 Å². The maximum atomic E-state index is 12.4. The number of likely N-dealkylation sites (tertiary alicyclic amines) is 1. The normalized spacial score (nSPS) is 26.0. The average molecular weight is 302 g/mol. The van der Waals surface area contributed by atoms with E-state index < -0.39 is 0 Å². The van der Waals surface area contributed by atoms with Crippen LogP contribution in [0.25, 0.3) is 0 Å². The molecule has 4 nitrogen and oxygen atoms in total. The Bertz CT molecular complexity index is 471. The van der Waals surface area contributed by atoms with Gasteiger partial charge in [-0.25, -0.2) is 0 Å². The second-order valence-electron chi connectivity index (χ2n) is 6.44. The van der Waals surface area contributed by atoms with Crippen molar-refractivity contribution in [1.82, 2.24) is 10.2 Å². The minimum atomic E-state index is 0.124. The molecule has 2 aliphatic rings. The van der Waals surface area contributed by atoms with Gasteiger partial charge >= 0.3 is 0 Å². The molecule has 2 heterocycles. The number of carbonyl (C=O) groups excluding carboxylic acids is 1. The summed E-state index contributed by atoms with van der Waals surface area (Å²) in [6.07, 6.45) is 4.53. The van der Waals surface area contributed by atoms with E-state index in [4.69, 9.17) is 4.74 Å². The molecule has 120 valence electrons. The number of benzene rings is 1. The molecule has 22 heavy (non-hydrogen) atoms. The largest absolute Gasteiger partial charge is 0.376 e. The predicted octanol–water partition coefficient (Wildman–Crippen LogP) is 2.19. The SMILES string of the molecule is O=C(NC[C@@H]1CCCO1)[C@H]1CCCN(Cc2ccccc2)C1. The Labute approximate surface area is 132 Å². The molecule has 2 saturated heterocycles. The Morgan fingerprint density at radius 2 is 2.09 bits per heavy atom. The van der Waals surface area contributed by atoms with E-state index in [1.165, 1.54) is 5.56 Å². The Kier molecular flexibility index (Phi) is 5.46.